The Balaban J connectivity index is 0.00000162. The molecule has 2 heteroatoms. The van der Waals surface area contributed by atoms with Crippen molar-refractivity contribution in [3.63, 3.8) is 0 Å². The van der Waals surface area contributed by atoms with Crippen molar-refractivity contribution in [3.05, 3.63) is 58.7 Å². The molecule has 0 radical (unpaired) electrons. The van der Waals surface area contributed by atoms with E-state index in [-0.39, 0.29) is 9.90 Å². The lowest BCUT2D eigenvalue weighted by Gasteiger charge is -2.15. The van der Waals surface area contributed by atoms with E-state index in [1.165, 1.54) is 22.3 Å². The highest BCUT2D eigenvalue weighted by atomic mass is 31.0. The summed E-state index contributed by atoms with van der Waals surface area (Å²) in [7, 11) is 0. The van der Waals surface area contributed by atoms with Crippen LogP contribution in [-0.4, -0.2) is 0 Å². The normalized spacial score (nSPS) is 9.78. The number of benzene rings is 2. The summed E-state index contributed by atoms with van der Waals surface area (Å²) < 4.78 is 6.10. The van der Waals surface area contributed by atoms with E-state index in [4.69, 9.17) is 4.74 Å². The average Bonchev–Trinajstić information content (AvgIpc) is 2.27. The standard InChI is InChI=1S/C16H18O.H3P/c1-11-7-5-8-12(2)15(11)17-16-13(3)9-6-10-14(16)4;/h5-10H,1-4H3;1H3. The van der Waals surface area contributed by atoms with Crippen molar-refractivity contribution in [1.29, 1.82) is 0 Å². The maximum Gasteiger partial charge on any atom is 0.133 e. The monoisotopic (exact) mass is 260 g/mol. The molecule has 0 spiro atoms. The molecular weight excluding hydrogens is 239 g/mol. The Labute approximate surface area is 113 Å². The van der Waals surface area contributed by atoms with Crippen LogP contribution in [0.3, 0.4) is 0 Å². The summed E-state index contributed by atoms with van der Waals surface area (Å²) in [6, 6.07) is 12.4. The van der Waals surface area contributed by atoms with Crippen LogP contribution in [0.1, 0.15) is 22.3 Å². The van der Waals surface area contributed by atoms with Gasteiger partial charge in [0.2, 0.25) is 0 Å². The van der Waals surface area contributed by atoms with Gasteiger partial charge in [0.25, 0.3) is 0 Å². The van der Waals surface area contributed by atoms with Crippen LogP contribution in [0.2, 0.25) is 0 Å². The van der Waals surface area contributed by atoms with Crippen LogP contribution in [-0.2, 0) is 0 Å². The molecule has 0 aliphatic heterocycles. The van der Waals surface area contributed by atoms with Crippen molar-refractivity contribution in [1.82, 2.24) is 0 Å². The highest BCUT2D eigenvalue weighted by molar-refractivity contribution is 6.92. The van der Waals surface area contributed by atoms with Crippen LogP contribution in [0.15, 0.2) is 36.4 Å². The molecule has 2 rings (SSSR count). The quantitative estimate of drug-likeness (QED) is 0.707. The topological polar surface area (TPSA) is 9.23 Å². The van der Waals surface area contributed by atoms with E-state index in [1.54, 1.807) is 0 Å². The molecule has 0 aliphatic rings. The summed E-state index contributed by atoms with van der Waals surface area (Å²) in [4.78, 5) is 0. The minimum atomic E-state index is 0. The van der Waals surface area contributed by atoms with Gasteiger partial charge in [-0.3, -0.25) is 0 Å². The third-order valence-electron chi connectivity index (χ3n) is 3.02. The van der Waals surface area contributed by atoms with Crippen LogP contribution >= 0.6 is 9.90 Å². The van der Waals surface area contributed by atoms with Gasteiger partial charge in [0.15, 0.2) is 0 Å². The van der Waals surface area contributed by atoms with E-state index in [0.29, 0.717) is 0 Å². The van der Waals surface area contributed by atoms with E-state index >= 15 is 0 Å². The highest BCUT2D eigenvalue weighted by Crippen LogP contribution is 2.32. The van der Waals surface area contributed by atoms with Gasteiger partial charge in [0, 0.05) is 0 Å². The van der Waals surface area contributed by atoms with Gasteiger partial charge in [-0.05, 0) is 49.9 Å². The lowest BCUT2D eigenvalue weighted by molar-refractivity contribution is 0.468. The number of aryl methyl sites for hydroxylation is 4. The van der Waals surface area contributed by atoms with Gasteiger partial charge >= 0.3 is 0 Å². The van der Waals surface area contributed by atoms with Crippen molar-refractivity contribution >= 4 is 9.90 Å². The first kappa shape index (κ1) is 14.7. The van der Waals surface area contributed by atoms with Crippen molar-refractivity contribution < 1.29 is 4.74 Å². The molecule has 2 aromatic rings. The summed E-state index contributed by atoms with van der Waals surface area (Å²) in [6.45, 7) is 8.32. The second-order valence-corrected chi connectivity index (χ2v) is 4.54. The molecule has 0 aliphatic carbocycles. The lowest BCUT2D eigenvalue weighted by atomic mass is 10.1. The molecule has 0 N–H and O–H groups in total. The van der Waals surface area contributed by atoms with Gasteiger partial charge in [0.05, 0.1) is 0 Å². The van der Waals surface area contributed by atoms with E-state index in [9.17, 15) is 0 Å². The van der Waals surface area contributed by atoms with Crippen LogP contribution < -0.4 is 4.74 Å². The molecule has 0 aromatic heterocycles. The molecule has 0 amide bonds. The first-order chi connectivity index (χ1) is 8.09. The molecular formula is C16H21OP. The molecule has 0 heterocycles. The fourth-order valence-electron chi connectivity index (χ4n) is 2.02. The zero-order valence-electron chi connectivity index (χ0n) is 11.6. The molecule has 18 heavy (non-hydrogen) atoms. The lowest BCUT2D eigenvalue weighted by Crippen LogP contribution is -1.94. The van der Waals surface area contributed by atoms with Crippen molar-refractivity contribution in [2.24, 2.45) is 0 Å². The minimum absolute atomic E-state index is 0. The van der Waals surface area contributed by atoms with E-state index in [1.807, 2.05) is 0 Å². The Morgan fingerprint density at radius 1 is 0.611 bits per heavy atom. The molecule has 1 nitrogen and oxygen atoms in total. The Morgan fingerprint density at radius 2 is 0.889 bits per heavy atom. The molecule has 0 fully saturated rings. The molecule has 0 bridgehead atoms. The van der Waals surface area contributed by atoms with Gasteiger partial charge in [-0.1, -0.05) is 36.4 Å². The van der Waals surface area contributed by atoms with Crippen LogP contribution in [0.5, 0.6) is 11.5 Å². The molecule has 1 atom stereocenters. The van der Waals surface area contributed by atoms with Gasteiger partial charge in [-0.15, -0.1) is 0 Å². The van der Waals surface area contributed by atoms with Gasteiger partial charge in [-0.2, -0.15) is 9.90 Å². The summed E-state index contributed by atoms with van der Waals surface area (Å²) in [6.07, 6.45) is 0. The number of para-hydroxylation sites is 2. The summed E-state index contributed by atoms with van der Waals surface area (Å²) >= 11 is 0. The van der Waals surface area contributed by atoms with E-state index in [0.717, 1.165) is 11.5 Å². The fraction of sp³-hybridized carbons (Fsp3) is 0.250. The Kier molecular flexibility index (Phi) is 4.93. The van der Waals surface area contributed by atoms with Gasteiger partial charge < -0.3 is 4.74 Å². The predicted octanol–water partition coefficient (Wildman–Crippen LogP) is 4.77. The minimum Gasteiger partial charge on any atom is -0.456 e. The molecule has 0 saturated carbocycles. The van der Waals surface area contributed by atoms with Crippen LogP contribution in [0.4, 0.5) is 0 Å². The molecule has 0 saturated heterocycles. The largest absolute Gasteiger partial charge is 0.456 e. The third kappa shape index (κ3) is 2.91. The Morgan fingerprint density at radius 3 is 1.17 bits per heavy atom. The molecule has 1 unspecified atom stereocenters. The molecule has 96 valence electrons. The first-order valence-corrected chi connectivity index (χ1v) is 5.90. The SMILES string of the molecule is Cc1cccc(C)c1Oc1c(C)cccc1C.P. The highest BCUT2D eigenvalue weighted by Gasteiger charge is 2.08. The van der Waals surface area contributed by atoms with Crippen molar-refractivity contribution in [2.45, 2.75) is 27.7 Å². The number of hydrogen-bond acceptors (Lipinski definition) is 1. The zero-order chi connectivity index (χ0) is 12.4. The first-order valence-electron chi connectivity index (χ1n) is 5.90. The van der Waals surface area contributed by atoms with Gasteiger partial charge in [0.1, 0.15) is 11.5 Å². The summed E-state index contributed by atoms with van der Waals surface area (Å²) in [5.41, 5.74) is 4.70. The van der Waals surface area contributed by atoms with Crippen molar-refractivity contribution in [3.8, 4) is 11.5 Å². The summed E-state index contributed by atoms with van der Waals surface area (Å²) in [5, 5.41) is 0. The van der Waals surface area contributed by atoms with E-state index in [2.05, 4.69) is 64.1 Å². The van der Waals surface area contributed by atoms with E-state index < -0.39 is 0 Å². The second kappa shape index (κ2) is 6.02. The Bertz CT molecular complexity index is 457. The van der Waals surface area contributed by atoms with Gasteiger partial charge in [-0.25, -0.2) is 0 Å². The average molecular weight is 260 g/mol. The third-order valence-corrected chi connectivity index (χ3v) is 3.02. The zero-order valence-corrected chi connectivity index (χ0v) is 13.0. The smallest absolute Gasteiger partial charge is 0.133 e. The number of hydrogen-bond donors (Lipinski definition) is 0. The second-order valence-electron chi connectivity index (χ2n) is 4.54. The number of rotatable bonds is 2. The predicted molar refractivity (Wildman–Crippen MR) is 83.0 cm³/mol. The van der Waals surface area contributed by atoms with Crippen LogP contribution in [0, 0.1) is 27.7 Å². The number of ether oxygens (including phenoxy) is 1. The van der Waals surface area contributed by atoms with Crippen molar-refractivity contribution in [2.75, 3.05) is 0 Å². The molecule has 2 aromatic carbocycles. The Hall–Kier alpha value is -1.33. The fourth-order valence-corrected chi connectivity index (χ4v) is 2.02. The maximum absolute atomic E-state index is 6.10. The maximum atomic E-state index is 6.10. The summed E-state index contributed by atoms with van der Waals surface area (Å²) in [5.74, 6) is 1.95. The van der Waals surface area contributed by atoms with Crippen LogP contribution in [0.25, 0.3) is 0 Å².